The highest BCUT2D eigenvalue weighted by Crippen LogP contribution is 2.23. The Hall–Kier alpha value is -1.98. The summed E-state index contributed by atoms with van der Waals surface area (Å²) in [7, 11) is -6.89. The average molecular weight is 471 g/mol. The number of piperidine rings is 1. The molecule has 1 amide bonds. The van der Waals surface area contributed by atoms with Crippen molar-refractivity contribution in [2.75, 3.05) is 18.8 Å². The van der Waals surface area contributed by atoms with Gasteiger partial charge in [-0.05, 0) is 38.3 Å². The van der Waals surface area contributed by atoms with Gasteiger partial charge in [0.15, 0.2) is 0 Å². The van der Waals surface area contributed by atoms with Crippen molar-refractivity contribution < 1.29 is 21.6 Å². The Morgan fingerprint density at radius 1 is 1.26 bits per heavy atom. The van der Waals surface area contributed by atoms with Crippen molar-refractivity contribution in [3.8, 4) is 0 Å². The summed E-state index contributed by atoms with van der Waals surface area (Å²) in [6.45, 7) is 4.39. The molecule has 31 heavy (non-hydrogen) atoms. The molecule has 0 saturated carbocycles. The number of sulfonamides is 2. The van der Waals surface area contributed by atoms with E-state index in [0.717, 1.165) is 12.8 Å². The largest absolute Gasteiger partial charge is 0.351 e. The van der Waals surface area contributed by atoms with Crippen LogP contribution in [-0.4, -0.2) is 63.8 Å². The van der Waals surface area contributed by atoms with Gasteiger partial charge in [-0.3, -0.25) is 14.5 Å². The highest BCUT2D eigenvalue weighted by atomic mass is 32.2. The molecule has 2 heterocycles. The number of nitrogens with one attached hydrogen (secondary N) is 2. The molecular formula is C20H30N4O5S2. The maximum absolute atomic E-state index is 13.0. The van der Waals surface area contributed by atoms with Crippen molar-refractivity contribution in [2.24, 2.45) is 4.99 Å². The lowest BCUT2D eigenvalue weighted by atomic mass is 10.0. The fraction of sp³-hybridized carbons (Fsp3) is 0.600. The van der Waals surface area contributed by atoms with Gasteiger partial charge in [0.05, 0.1) is 10.6 Å². The second-order valence-electron chi connectivity index (χ2n) is 7.82. The molecule has 9 nitrogen and oxygen atoms in total. The summed E-state index contributed by atoms with van der Waals surface area (Å²) in [4.78, 5) is 17.6. The molecule has 2 aliphatic heterocycles. The van der Waals surface area contributed by atoms with Crippen LogP contribution >= 0.6 is 0 Å². The Morgan fingerprint density at radius 2 is 1.94 bits per heavy atom. The zero-order valence-electron chi connectivity index (χ0n) is 17.9. The first kappa shape index (κ1) is 23.7. The van der Waals surface area contributed by atoms with Gasteiger partial charge in [-0.15, -0.1) is 0 Å². The number of aliphatic imine (C=N–C) groups is 1. The Bertz CT molecular complexity index is 1050. The number of hydrogen-bond donors (Lipinski definition) is 2. The monoisotopic (exact) mass is 470 g/mol. The molecule has 11 heteroatoms. The number of fused-ring (bicyclic) bond motifs is 1. The van der Waals surface area contributed by atoms with Crippen LogP contribution in [0.2, 0.25) is 0 Å². The van der Waals surface area contributed by atoms with E-state index >= 15 is 0 Å². The van der Waals surface area contributed by atoms with E-state index in [4.69, 9.17) is 0 Å². The molecule has 1 aromatic rings. The first-order chi connectivity index (χ1) is 14.7. The summed E-state index contributed by atoms with van der Waals surface area (Å²) < 4.78 is 52.6. The Labute approximate surface area is 184 Å². The number of carbonyl (C=O) groups excluding carboxylic acids is 1. The standard InChI is InChI=1S/C20H30N4O5S2/c1-3-5-9-17(22-19-16-8-6-7-10-18(16)31(28,29)23-19)20(25)21-15-11-13-24(14-12-15)30(26,27)4-2/h6-8,10,15,17H,3-5,9,11-14H2,1-2H3,(H,21,25)(H,22,23). The lowest BCUT2D eigenvalue weighted by Gasteiger charge is -2.31. The van der Waals surface area contributed by atoms with Gasteiger partial charge >= 0.3 is 0 Å². The normalized spacial score (nSPS) is 21.4. The smallest absolute Gasteiger partial charge is 0.263 e. The van der Waals surface area contributed by atoms with Crippen LogP contribution in [0.25, 0.3) is 0 Å². The maximum Gasteiger partial charge on any atom is 0.263 e. The van der Waals surface area contributed by atoms with E-state index in [1.54, 1.807) is 25.1 Å². The third kappa shape index (κ3) is 5.45. The van der Waals surface area contributed by atoms with E-state index in [1.165, 1.54) is 10.4 Å². The molecule has 0 spiro atoms. The Balaban J connectivity index is 1.72. The number of carbonyl (C=O) groups is 1. The van der Waals surface area contributed by atoms with Gasteiger partial charge in [-0.1, -0.05) is 31.9 Å². The van der Waals surface area contributed by atoms with Gasteiger partial charge in [-0.2, -0.15) is 0 Å². The summed E-state index contributed by atoms with van der Waals surface area (Å²) >= 11 is 0. The van der Waals surface area contributed by atoms with Gasteiger partial charge in [0.2, 0.25) is 15.9 Å². The molecule has 1 saturated heterocycles. The molecule has 0 bridgehead atoms. The summed E-state index contributed by atoms with van der Waals surface area (Å²) in [5, 5.41) is 2.99. The summed E-state index contributed by atoms with van der Waals surface area (Å²) in [6, 6.07) is 5.71. The minimum atomic E-state index is -3.67. The van der Waals surface area contributed by atoms with Crippen LogP contribution in [0, 0.1) is 0 Å². The molecule has 1 unspecified atom stereocenters. The third-order valence-corrected chi connectivity index (χ3v) is 8.92. The number of amidine groups is 1. The van der Waals surface area contributed by atoms with Crippen LogP contribution < -0.4 is 10.0 Å². The van der Waals surface area contributed by atoms with Crippen molar-refractivity contribution in [3.05, 3.63) is 29.8 Å². The Kier molecular flexibility index (Phi) is 7.38. The fourth-order valence-corrected chi connectivity index (χ4v) is 6.17. The quantitative estimate of drug-likeness (QED) is 0.591. The first-order valence-corrected chi connectivity index (χ1v) is 13.8. The lowest BCUT2D eigenvalue weighted by Crippen LogP contribution is -2.49. The molecule has 1 atom stereocenters. The van der Waals surface area contributed by atoms with Crippen LogP contribution in [0.15, 0.2) is 34.2 Å². The van der Waals surface area contributed by atoms with Crippen molar-refractivity contribution in [2.45, 2.75) is 62.9 Å². The second-order valence-corrected chi connectivity index (χ2v) is 11.7. The van der Waals surface area contributed by atoms with Crippen LogP contribution in [0.5, 0.6) is 0 Å². The molecule has 0 radical (unpaired) electrons. The van der Waals surface area contributed by atoms with Crippen molar-refractivity contribution in [1.82, 2.24) is 14.3 Å². The van der Waals surface area contributed by atoms with Gasteiger partial charge in [-0.25, -0.2) is 21.1 Å². The molecule has 0 aliphatic carbocycles. The van der Waals surface area contributed by atoms with Crippen molar-refractivity contribution >= 4 is 31.8 Å². The summed E-state index contributed by atoms with van der Waals surface area (Å²) in [5.41, 5.74) is 0.467. The summed E-state index contributed by atoms with van der Waals surface area (Å²) in [6.07, 6.45) is 3.23. The summed E-state index contributed by atoms with van der Waals surface area (Å²) in [5.74, 6) is -0.00473. The van der Waals surface area contributed by atoms with E-state index in [-0.39, 0.29) is 28.4 Å². The van der Waals surface area contributed by atoms with Crippen LogP contribution in [0.4, 0.5) is 0 Å². The van der Waals surface area contributed by atoms with Gasteiger partial charge in [0.1, 0.15) is 11.9 Å². The van der Waals surface area contributed by atoms with E-state index in [0.29, 0.717) is 37.9 Å². The number of nitrogens with zero attached hydrogens (tertiary/aromatic N) is 2. The van der Waals surface area contributed by atoms with Crippen molar-refractivity contribution in [3.63, 3.8) is 0 Å². The molecule has 2 aliphatic rings. The number of rotatable bonds is 8. The molecular weight excluding hydrogens is 440 g/mol. The predicted molar refractivity (Wildman–Crippen MR) is 119 cm³/mol. The minimum Gasteiger partial charge on any atom is -0.351 e. The Morgan fingerprint density at radius 3 is 2.58 bits per heavy atom. The van der Waals surface area contributed by atoms with E-state index in [1.807, 2.05) is 6.92 Å². The SMILES string of the molecule is CCCCC(N=C1NS(=O)(=O)c2ccccc21)C(=O)NC1CCN(S(=O)(=O)CC)CC1. The number of hydrogen-bond acceptors (Lipinski definition) is 6. The van der Waals surface area contributed by atoms with E-state index in [2.05, 4.69) is 15.0 Å². The molecule has 3 rings (SSSR count). The molecule has 1 aromatic carbocycles. The lowest BCUT2D eigenvalue weighted by molar-refractivity contribution is -0.123. The van der Waals surface area contributed by atoms with Gasteiger partial charge < -0.3 is 5.32 Å². The number of unbranched alkanes of at least 4 members (excludes halogenated alkanes) is 1. The minimum absolute atomic E-state index is 0.0675. The molecule has 172 valence electrons. The molecule has 0 aromatic heterocycles. The molecule has 1 fully saturated rings. The van der Waals surface area contributed by atoms with E-state index < -0.39 is 26.1 Å². The zero-order valence-corrected chi connectivity index (χ0v) is 19.5. The molecule has 2 N–H and O–H groups in total. The predicted octanol–water partition coefficient (Wildman–Crippen LogP) is 1.21. The van der Waals surface area contributed by atoms with Gasteiger partial charge in [0, 0.05) is 24.7 Å². The second kappa shape index (κ2) is 9.66. The first-order valence-electron chi connectivity index (χ1n) is 10.7. The number of benzene rings is 1. The fourth-order valence-electron chi connectivity index (χ4n) is 3.80. The topological polar surface area (TPSA) is 125 Å². The van der Waals surface area contributed by atoms with E-state index in [9.17, 15) is 21.6 Å². The maximum atomic E-state index is 13.0. The zero-order chi connectivity index (χ0) is 22.6. The third-order valence-electron chi connectivity index (χ3n) is 5.64. The van der Waals surface area contributed by atoms with Gasteiger partial charge in [0.25, 0.3) is 10.0 Å². The average Bonchev–Trinajstić information content (AvgIpc) is 3.01. The van der Waals surface area contributed by atoms with Crippen LogP contribution in [-0.2, 0) is 24.8 Å². The number of amides is 1. The highest BCUT2D eigenvalue weighted by molar-refractivity contribution is 7.90. The van der Waals surface area contributed by atoms with Crippen LogP contribution in [0.1, 0.15) is 51.5 Å². The highest BCUT2D eigenvalue weighted by Gasteiger charge is 2.33. The van der Waals surface area contributed by atoms with Crippen LogP contribution in [0.3, 0.4) is 0 Å². The van der Waals surface area contributed by atoms with Crippen molar-refractivity contribution in [1.29, 1.82) is 0 Å².